The fourth-order valence-corrected chi connectivity index (χ4v) is 6.10. The summed E-state index contributed by atoms with van der Waals surface area (Å²) in [5.41, 5.74) is 0.692. The maximum absolute atomic E-state index is 13.0. The Morgan fingerprint density at radius 1 is 0.812 bits per heavy atom. The Bertz CT molecular complexity index is 1590. The largest absolute Gasteiger partial charge is 0.297 e. The number of anilines is 2. The van der Waals surface area contributed by atoms with E-state index in [4.69, 9.17) is 11.6 Å². The van der Waals surface area contributed by atoms with Crippen molar-refractivity contribution >= 4 is 65.5 Å². The standard InChI is InChI=1S/C20H16ClN3O5S3/c1-24-19-11-10-15(12-16(19)20(25)30-24)32(28,29)23-18-5-3-2-4-17(18)22-31(26,27)14-8-6-13(21)7-9-14/h2-12,22-23H,1H3. The third kappa shape index (κ3) is 4.37. The predicted molar refractivity (Wildman–Crippen MR) is 127 cm³/mol. The Labute approximate surface area is 193 Å². The van der Waals surface area contributed by atoms with Gasteiger partial charge in [-0.1, -0.05) is 23.7 Å². The molecule has 0 saturated heterocycles. The molecule has 0 aliphatic heterocycles. The molecule has 1 heterocycles. The highest BCUT2D eigenvalue weighted by Gasteiger charge is 2.21. The second kappa shape index (κ2) is 8.24. The van der Waals surface area contributed by atoms with Crippen LogP contribution in [0.4, 0.5) is 11.4 Å². The van der Waals surface area contributed by atoms with Crippen LogP contribution in [0, 0.1) is 0 Å². The van der Waals surface area contributed by atoms with Crippen LogP contribution in [0.2, 0.25) is 5.02 Å². The van der Waals surface area contributed by atoms with Gasteiger partial charge in [0.2, 0.25) is 0 Å². The Balaban J connectivity index is 1.68. The van der Waals surface area contributed by atoms with E-state index in [1.54, 1.807) is 29.2 Å². The number of aryl methyl sites for hydroxylation is 1. The van der Waals surface area contributed by atoms with Crippen LogP contribution in [-0.2, 0) is 27.1 Å². The second-order valence-corrected chi connectivity index (χ2v) is 11.7. The van der Waals surface area contributed by atoms with E-state index in [2.05, 4.69) is 9.44 Å². The van der Waals surface area contributed by atoms with E-state index in [9.17, 15) is 21.6 Å². The number of nitrogens with one attached hydrogen (secondary N) is 2. The van der Waals surface area contributed by atoms with Crippen LogP contribution in [0.3, 0.4) is 0 Å². The molecule has 0 aliphatic carbocycles. The Kier molecular flexibility index (Phi) is 5.76. The van der Waals surface area contributed by atoms with Gasteiger partial charge in [-0.3, -0.25) is 18.2 Å². The van der Waals surface area contributed by atoms with Gasteiger partial charge in [-0.05, 0) is 66.1 Å². The number of hydrogen-bond acceptors (Lipinski definition) is 6. The molecule has 4 rings (SSSR count). The number of halogens is 1. The van der Waals surface area contributed by atoms with Gasteiger partial charge in [0, 0.05) is 12.1 Å². The first-order chi connectivity index (χ1) is 15.1. The van der Waals surface area contributed by atoms with Gasteiger partial charge >= 0.3 is 0 Å². The van der Waals surface area contributed by atoms with Crippen LogP contribution in [0.25, 0.3) is 10.9 Å². The first-order valence-electron chi connectivity index (χ1n) is 9.07. The summed E-state index contributed by atoms with van der Waals surface area (Å²) in [6.45, 7) is 0. The van der Waals surface area contributed by atoms with Gasteiger partial charge in [0.25, 0.3) is 24.8 Å². The maximum atomic E-state index is 13.0. The molecular weight excluding hydrogens is 494 g/mol. The van der Waals surface area contributed by atoms with Crippen molar-refractivity contribution in [3.8, 4) is 0 Å². The monoisotopic (exact) mass is 509 g/mol. The van der Waals surface area contributed by atoms with Crippen LogP contribution in [-0.4, -0.2) is 20.8 Å². The number of benzene rings is 3. The fraction of sp³-hybridized carbons (Fsp3) is 0.0500. The molecule has 1 aromatic heterocycles. The quantitative estimate of drug-likeness (QED) is 0.409. The summed E-state index contributed by atoms with van der Waals surface area (Å²) in [6.07, 6.45) is 0. The summed E-state index contributed by atoms with van der Waals surface area (Å²) in [5.74, 6) is 0. The minimum absolute atomic E-state index is 0.0293. The van der Waals surface area contributed by atoms with Crippen molar-refractivity contribution in [2.75, 3.05) is 9.44 Å². The zero-order chi connectivity index (χ0) is 23.1. The van der Waals surface area contributed by atoms with Crippen LogP contribution < -0.4 is 14.2 Å². The SMILES string of the molecule is Cn1sc(=O)c2cc(S(=O)(=O)Nc3ccccc3NS(=O)(=O)c3ccc(Cl)cc3)ccc21. The lowest BCUT2D eigenvalue weighted by Crippen LogP contribution is -2.17. The minimum atomic E-state index is -4.11. The topological polar surface area (TPSA) is 114 Å². The molecule has 0 radical (unpaired) electrons. The maximum Gasteiger partial charge on any atom is 0.261 e. The number of hydrogen-bond donors (Lipinski definition) is 2. The van der Waals surface area contributed by atoms with Crippen molar-refractivity contribution in [1.82, 2.24) is 3.96 Å². The first kappa shape index (κ1) is 22.3. The number of para-hydroxylation sites is 2. The molecule has 12 heteroatoms. The van der Waals surface area contributed by atoms with E-state index in [0.29, 0.717) is 10.5 Å². The summed E-state index contributed by atoms with van der Waals surface area (Å²) in [5, 5.41) is 0.673. The van der Waals surface area contributed by atoms with Crippen LogP contribution in [0.15, 0.2) is 81.3 Å². The molecule has 2 N–H and O–H groups in total. The molecule has 0 aliphatic rings. The third-order valence-electron chi connectivity index (χ3n) is 4.60. The lowest BCUT2D eigenvalue weighted by molar-refractivity contribution is 0.599. The highest BCUT2D eigenvalue weighted by molar-refractivity contribution is 7.93. The highest BCUT2D eigenvalue weighted by Crippen LogP contribution is 2.28. The molecule has 0 spiro atoms. The fourth-order valence-electron chi connectivity index (χ4n) is 3.03. The predicted octanol–water partition coefficient (Wildman–Crippen LogP) is 3.86. The normalized spacial score (nSPS) is 12.1. The zero-order valence-corrected chi connectivity index (χ0v) is 19.6. The van der Waals surface area contributed by atoms with Gasteiger partial charge in [-0.2, -0.15) is 0 Å². The number of fused-ring (bicyclic) bond motifs is 1. The molecule has 4 aromatic rings. The Hall–Kier alpha value is -2.86. The average molecular weight is 510 g/mol. The molecule has 166 valence electrons. The van der Waals surface area contributed by atoms with E-state index in [0.717, 1.165) is 11.5 Å². The molecule has 3 aromatic carbocycles. The summed E-state index contributed by atoms with van der Waals surface area (Å²) in [6, 6.07) is 15.8. The van der Waals surface area contributed by atoms with E-state index in [-0.39, 0.29) is 31.3 Å². The Morgan fingerprint density at radius 2 is 1.34 bits per heavy atom. The van der Waals surface area contributed by atoms with E-state index in [1.165, 1.54) is 48.5 Å². The first-order valence-corrected chi connectivity index (χ1v) is 13.2. The molecule has 0 saturated carbocycles. The summed E-state index contributed by atoms with van der Waals surface area (Å²) >= 11 is 6.79. The molecule has 0 fully saturated rings. The van der Waals surface area contributed by atoms with Gasteiger partial charge in [0.05, 0.1) is 32.1 Å². The number of rotatable bonds is 6. The van der Waals surface area contributed by atoms with Crippen molar-refractivity contribution in [2.45, 2.75) is 9.79 Å². The van der Waals surface area contributed by atoms with Crippen LogP contribution in [0.5, 0.6) is 0 Å². The van der Waals surface area contributed by atoms with Gasteiger partial charge in [0.15, 0.2) is 0 Å². The molecule has 0 amide bonds. The highest BCUT2D eigenvalue weighted by atomic mass is 35.5. The summed E-state index contributed by atoms with van der Waals surface area (Å²) in [7, 11) is -6.38. The molecule has 32 heavy (non-hydrogen) atoms. The second-order valence-electron chi connectivity index (χ2n) is 6.77. The van der Waals surface area contributed by atoms with E-state index < -0.39 is 20.0 Å². The number of sulfonamides is 2. The van der Waals surface area contributed by atoms with E-state index >= 15 is 0 Å². The summed E-state index contributed by atoms with van der Waals surface area (Å²) < 4.78 is 57.6. The van der Waals surface area contributed by atoms with Crippen molar-refractivity contribution in [3.05, 3.63) is 81.3 Å². The molecule has 0 atom stereocenters. The summed E-state index contributed by atoms with van der Waals surface area (Å²) in [4.78, 5) is 12.0. The van der Waals surface area contributed by atoms with Crippen LogP contribution >= 0.6 is 23.1 Å². The molecular formula is C20H16ClN3O5S3. The van der Waals surface area contributed by atoms with Gasteiger partial charge in [0.1, 0.15) is 0 Å². The van der Waals surface area contributed by atoms with Crippen molar-refractivity contribution in [3.63, 3.8) is 0 Å². The van der Waals surface area contributed by atoms with Gasteiger partial charge in [-0.15, -0.1) is 0 Å². The smallest absolute Gasteiger partial charge is 0.261 e. The minimum Gasteiger partial charge on any atom is -0.297 e. The zero-order valence-electron chi connectivity index (χ0n) is 16.4. The van der Waals surface area contributed by atoms with E-state index in [1.807, 2.05) is 0 Å². The van der Waals surface area contributed by atoms with Crippen molar-refractivity contribution in [1.29, 1.82) is 0 Å². The van der Waals surface area contributed by atoms with Crippen molar-refractivity contribution in [2.24, 2.45) is 7.05 Å². The Morgan fingerprint density at radius 3 is 1.94 bits per heavy atom. The van der Waals surface area contributed by atoms with Gasteiger partial charge in [-0.25, -0.2) is 16.8 Å². The lowest BCUT2D eigenvalue weighted by atomic mass is 10.2. The number of aromatic nitrogens is 1. The molecule has 8 nitrogen and oxygen atoms in total. The molecule has 0 bridgehead atoms. The molecule has 0 unspecified atom stereocenters. The van der Waals surface area contributed by atoms with Gasteiger partial charge < -0.3 is 0 Å². The van der Waals surface area contributed by atoms with Crippen LogP contribution in [0.1, 0.15) is 0 Å². The lowest BCUT2D eigenvalue weighted by Gasteiger charge is -2.14. The number of nitrogens with zero attached hydrogens (tertiary/aromatic N) is 1. The van der Waals surface area contributed by atoms with Crippen molar-refractivity contribution < 1.29 is 16.8 Å². The average Bonchev–Trinajstić information content (AvgIpc) is 3.03. The third-order valence-corrected chi connectivity index (χ3v) is 8.45.